The maximum absolute atomic E-state index is 5.99. The van der Waals surface area contributed by atoms with Crippen LogP contribution in [0.1, 0.15) is 20.8 Å². The first-order valence-electron chi connectivity index (χ1n) is 8.00. The largest absolute Gasteiger partial charge is 0.481 e. The number of benzene rings is 1. The van der Waals surface area contributed by atoms with Gasteiger partial charge in [-0.2, -0.15) is 15.1 Å². The van der Waals surface area contributed by atoms with Gasteiger partial charge in [-0.3, -0.25) is 5.43 Å². The third kappa shape index (κ3) is 6.07. The summed E-state index contributed by atoms with van der Waals surface area (Å²) in [5.41, 5.74) is 3.76. The van der Waals surface area contributed by atoms with Crippen LogP contribution in [0.5, 0.6) is 11.8 Å². The number of rotatable bonds is 7. The van der Waals surface area contributed by atoms with Gasteiger partial charge in [0.25, 0.3) is 0 Å². The molecule has 0 aliphatic rings. The minimum atomic E-state index is -0.0656. The van der Waals surface area contributed by atoms with E-state index in [1.807, 2.05) is 30.5 Å². The molecule has 1 unspecified atom stereocenters. The fourth-order valence-electron chi connectivity index (χ4n) is 1.93. The van der Waals surface area contributed by atoms with Crippen molar-refractivity contribution in [2.24, 2.45) is 10.5 Å². The van der Waals surface area contributed by atoms with Gasteiger partial charge in [-0.15, -0.1) is 0 Å². The van der Waals surface area contributed by atoms with Crippen molar-refractivity contribution >= 4 is 35.3 Å². The van der Waals surface area contributed by atoms with E-state index >= 15 is 0 Å². The number of ether oxygens (including phenoxy) is 2. The van der Waals surface area contributed by atoms with Crippen LogP contribution in [0.4, 0.5) is 5.69 Å². The molecule has 0 bridgehead atoms. The average molecular weight is 395 g/mol. The lowest BCUT2D eigenvalue weighted by molar-refractivity contribution is 0.364. The lowest BCUT2D eigenvalue weighted by atomic mass is 9.92. The number of aromatic nitrogens is 2. The molecule has 0 amide bonds. The molecule has 1 aromatic carbocycles. The van der Waals surface area contributed by atoms with E-state index in [2.05, 4.69) is 41.3 Å². The number of hydrogen-bond donors (Lipinski definition) is 1. The highest BCUT2D eigenvalue weighted by Crippen LogP contribution is 2.34. The van der Waals surface area contributed by atoms with Gasteiger partial charge in [0, 0.05) is 11.2 Å². The summed E-state index contributed by atoms with van der Waals surface area (Å²) in [7, 11) is 3.13. The summed E-state index contributed by atoms with van der Waals surface area (Å²) >= 11 is 7.48. The van der Waals surface area contributed by atoms with Crippen molar-refractivity contribution < 1.29 is 9.47 Å². The fraction of sp³-hybridized carbons (Fsp3) is 0.389. The molecule has 6 nitrogen and oxygen atoms in total. The number of halogens is 1. The maximum atomic E-state index is 5.99. The van der Waals surface area contributed by atoms with Crippen LogP contribution in [0, 0.1) is 5.41 Å². The first-order valence-corrected chi connectivity index (χ1v) is 9.26. The Balaban J connectivity index is 2.16. The van der Waals surface area contributed by atoms with Crippen LogP contribution in [0.15, 0.2) is 40.6 Å². The van der Waals surface area contributed by atoms with Gasteiger partial charge in [-0.05, 0) is 23.6 Å². The van der Waals surface area contributed by atoms with Gasteiger partial charge in [0.2, 0.25) is 11.8 Å². The molecule has 1 atom stereocenters. The van der Waals surface area contributed by atoms with Crippen molar-refractivity contribution in [1.29, 1.82) is 0 Å². The summed E-state index contributed by atoms with van der Waals surface area (Å²) in [6, 6.07) is 9.04. The van der Waals surface area contributed by atoms with Crippen molar-refractivity contribution in [3.05, 3.63) is 35.4 Å². The van der Waals surface area contributed by atoms with Crippen LogP contribution in [0.2, 0.25) is 5.02 Å². The van der Waals surface area contributed by atoms with Crippen LogP contribution in [-0.2, 0) is 0 Å². The molecule has 0 radical (unpaired) electrons. The predicted octanol–water partition coefficient (Wildman–Crippen LogP) is 4.75. The van der Waals surface area contributed by atoms with E-state index in [-0.39, 0.29) is 10.7 Å². The van der Waals surface area contributed by atoms with Crippen molar-refractivity contribution in [1.82, 2.24) is 9.97 Å². The van der Waals surface area contributed by atoms with Gasteiger partial charge in [-0.1, -0.05) is 50.2 Å². The molecule has 0 saturated heterocycles. The fourth-order valence-corrected chi connectivity index (χ4v) is 3.11. The SMILES string of the molecule is COc1cc(OC)nc(SC(/C=N/Nc2cccc(Cl)c2)C(C)(C)C)n1. The molecule has 0 fully saturated rings. The van der Waals surface area contributed by atoms with Gasteiger partial charge in [0.15, 0.2) is 5.16 Å². The molecule has 26 heavy (non-hydrogen) atoms. The minimum Gasteiger partial charge on any atom is -0.481 e. The molecule has 1 heterocycles. The quantitative estimate of drug-likeness (QED) is 0.316. The lowest BCUT2D eigenvalue weighted by Crippen LogP contribution is -2.25. The van der Waals surface area contributed by atoms with E-state index in [0.29, 0.717) is 21.9 Å². The van der Waals surface area contributed by atoms with Crippen LogP contribution in [-0.4, -0.2) is 35.7 Å². The van der Waals surface area contributed by atoms with Crippen LogP contribution in [0.3, 0.4) is 0 Å². The van der Waals surface area contributed by atoms with E-state index in [9.17, 15) is 0 Å². The van der Waals surface area contributed by atoms with Crippen LogP contribution < -0.4 is 14.9 Å². The highest BCUT2D eigenvalue weighted by Gasteiger charge is 2.26. The standard InChI is InChI=1S/C18H23ClN4O2S/c1-18(2,3)14(11-20-23-13-8-6-7-12(19)9-13)26-17-21-15(24-4)10-16(22-17)25-5/h6-11,14,23H,1-5H3/b20-11+. The van der Waals surface area contributed by atoms with Gasteiger partial charge in [0.05, 0.1) is 31.2 Å². The van der Waals surface area contributed by atoms with Gasteiger partial charge in [-0.25, -0.2) is 0 Å². The first kappa shape index (κ1) is 20.3. The summed E-state index contributed by atoms with van der Waals surface area (Å²) in [6.45, 7) is 6.40. The Bertz CT molecular complexity index is 743. The smallest absolute Gasteiger partial charge is 0.220 e. The molecular formula is C18H23ClN4O2S. The number of hydrogen-bond acceptors (Lipinski definition) is 7. The molecule has 0 aliphatic carbocycles. The zero-order valence-electron chi connectivity index (χ0n) is 15.5. The predicted molar refractivity (Wildman–Crippen MR) is 108 cm³/mol. The van der Waals surface area contributed by atoms with E-state index in [0.717, 1.165) is 5.69 Å². The monoisotopic (exact) mass is 394 g/mol. The third-order valence-electron chi connectivity index (χ3n) is 3.39. The first-order chi connectivity index (χ1) is 12.3. The highest BCUT2D eigenvalue weighted by molar-refractivity contribution is 8.00. The number of thioether (sulfide) groups is 1. The van der Waals surface area contributed by atoms with Gasteiger partial charge >= 0.3 is 0 Å². The van der Waals surface area contributed by atoms with Crippen LogP contribution in [0.25, 0.3) is 0 Å². The summed E-state index contributed by atoms with van der Waals surface area (Å²) in [6.07, 6.45) is 1.85. The van der Waals surface area contributed by atoms with Crippen molar-refractivity contribution in [3.63, 3.8) is 0 Å². The Morgan fingerprint density at radius 3 is 2.35 bits per heavy atom. The minimum absolute atomic E-state index is 0.0194. The molecule has 0 aliphatic heterocycles. The molecule has 2 rings (SSSR count). The topological polar surface area (TPSA) is 68.6 Å². The Hall–Kier alpha value is -1.99. The second kappa shape index (κ2) is 9.09. The van der Waals surface area contributed by atoms with Crippen molar-refractivity contribution in [2.75, 3.05) is 19.6 Å². The molecular weight excluding hydrogens is 372 g/mol. The van der Waals surface area contributed by atoms with E-state index in [1.165, 1.54) is 11.8 Å². The van der Waals surface area contributed by atoms with E-state index < -0.39 is 0 Å². The number of methoxy groups -OCH3 is 2. The molecule has 2 aromatic rings. The summed E-state index contributed by atoms with van der Waals surface area (Å²) in [5, 5.41) is 5.60. The second-order valence-corrected chi connectivity index (χ2v) is 8.09. The van der Waals surface area contributed by atoms with E-state index in [1.54, 1.807) is 20.3 Å². The van der Waals surface area contributed by atoms with Crippen molar-refractivity contribution in [3.8, 4) is 11.8 Å². The zero-order valence-corrected chi connectivity index (χ0v) is 17.1. The summed E-state index contributed by atoms with van der Waals surface area (Å²) in [5.74, 6) is 0.919. The van der Waals surface area contributed by atoms with Gasteiger partial charge < -0.3 is 9.47 Å². The Morgan fingerprint density at radius 1 is 1.15 bits per heavy atom. The third-order valence-corrected chi connectivity index (χ3v) is 5.10. The lowest BCUT2D eigenvalue weighted by Gasteiger charge is -2.26. The summed E-state index contributed by atoms with van der Waals surface area (Å²) in [4.78, 5) is 8.76. The van der Waals surface area contributed by atoms with Crippen molar-refractivity contribution in [2.45, 2.75) is 31.2 Å². The average Bonchev–Trinajstić information content (AvgIpc) is 2.59. The number of nitrogens with zero attached hydrogens (tertiary/aromatic N) is 3. The number of nitrogens with one attached hydrogen (secondary N) is 1. The maximum Gasteiger partial charge on any atom is 0.220 e. The Kier molecular flexibility index (Phi) is 7.11. The normalized spacial score (nSPS) is 12.8. The molecule has 0 saturated carbocycles. The highest BCUT2D eigenvalue weighted by atomic mass is 35.5. The summed E-state index contributed by atoms with van der Waals surface area (Å²) < 4.78 is 10.4. The van der Waals surface area contributed by atoms with Crippen LogP contribution >= 0.6 is 23.4 Å². The zero-order chi connectivity index (χ0) is 19.2. The van der Waals surface area contributed by atoms with E-state index in [4.69, 9.17) is 21.1 Å². The molecule has 8 heteroatoms. The molecule has 0 spiro atoms. The van der Waals surface area contributed by atoms with Gasteiger partial charge in [0.1, 0.15) is 0 Å². The molecule has 1 N–H and O–H groups in total. The number of anilines is 1. The number of hydrazone groups is 1. The Morgan fingerprint density at radius 2 is 1.81 bits per heavy atom. The Labute approximate surface area is 163 Å². The second-order valence-electron chi connectivity index (χ2n) is 6.54. The molecule has 1 aromatic heterocycles. The molecule has 140 valence electrons.